The van der Waals surface area contributed by atoms with Gasteiger partial charge in [0.2, 0.25) is 5.88 Å². The van der Waals surface area contributed by atoms with Crippen molar-refractivity contribution >= 4 is 24.8 Å². The molecule has 1 aliphatic carbocycles. The van der Waals surface area contributed by atoms with Gasteiger partial charge in [0.1, 0.15) is 5.75 Å². The van der Waals surface area contributed by atoms with Gasteiger partial charge in [-0.1, -0.05) is 31.9 Å². The number of aromatic nitrogens is 2. The molecule has 2 fully saturated rings. The van der Waals surface area contributed by atoms with E-state index in [1.807, 2.05) is 42.3 Å². The number of piperidine rings is 1. The van der Waals surface area contributed by atoms with E-state index in [1.165, 1.54) is 19.3 Å². The lowest BCUT2D eigenvalue weighted by atomic mass is 9.95. The zero-order valence-corrected chi connectivity index (χ0v) is 22.9. The van der Waals surface area contributed by atoms with Crippen LogP contribution in [0, 0.1) is 5.92 Å². The van der Waals surface area contributed by atoms with Crippen LogP contribution in [-0.2, 0) is 6.42 Å². The Hall–Kier alpha value is -1.70. The monoisotopic (exact) mass is 545 g/mol. The highest BCUT2D eigenvalue weighted by Crippen LogP contribution is 2.34. The van der Waals surface area contributed by atoms with Gasteiger partial charge in [0.25, 0.3) is 5.92 Å². The van der Waals surface area contributed by atoms with E-state index < -0.39 is 11.8 Å². The van der Waals surface area contributed by atoms with Gasteiger partial charge in [-0.15, -0.1) is 29.9 Å². The summed E-state index contributed by atoms with van der Waals surface area (Å²) in [5, 5.41) is 8.63. The predicted molar refractivity (Wildman–Crippen MR) is 144 cm³/mol. The quantitative estimate of drug-likeness (QED) is 0.339. The number of aryl methyl sites for hydroxylation is 1. The van der Waals surface area contributed by atoms with Gasteiger partial charge >= 0.3 is 0 Å². The Kier molecular flexibility index (Phi) is 12.1. The molecule has 0 amide bonds. The molecule has 0 bridgehead atoms. The van der Waals surface area contributed by atoms with Crippen LogP contribution in [0.5, 0.6) is 11.6 Å². The zero-order chi connectivity index (χ0) is 24.0. The lowest BCUT2D eigenvalue weighted by Gasteiger charge is -2.36. The average Bonchev–Trinajstić information content (AvgIpc) is 2.85. The van der Waals surface area contributed by atoms with Crippen molar-refractivity contribution in [3.63, 3.8) is 0 Å². The van der Waals surface area contributed by atoms with Crippen molar-refractivity contribution in [3.05, 3.63) is 36.0 Å². The summed E-state index contributed by atoms with van der Waals surface area (Å²) in [4.78, 5) is 1.92. The van der Waals surface area contributed by atoms with E-state index in [4.69, 9.17) is 9.47 Å². The van der Waals surface area contributed by atoms with Gasteiger partial charge in [-0.25, -0.2) is 8.78 Å². The van der Waals surface area contributed by atoms with Crippen molar-refractivity contribution in [3.8, 4) is 22.8 Å². The molecule has 202 valence electrons. The lowest BCUT2D eigenvalue weighted by molar-refractivity contribution is -0.113. The van der Waals surface area contributed by atoms with Crippen molar-refractivity contribution in [2.45, 2.75) is 76.7 Å². The standard InChI is InChI=1S/C27H37F2N3O2.2ClH/c1-3-4-10-25-24(20-11-13-23(14-12-20)34-22-8-6-5-7-9-22)17-26(31-30-25)33-19-21-18-32(2)16-15-27(21,28)29;;/h11-14,17,21-22H,3-10,15-16,18-19H2,1-2H3;2*1H. The molecule has 0 N–H and O–H groups in total. The second-order valence-corrected chi connectivity index (χ2v) is 9.83. The maximum absolute atomic E-state index is 14.3. The average molecular weight is 547 g/mol. The number of hydrogen-bond donors (Lipinski definition) is 0. The van der Waals surface area contributed by atoms with Crippen molar-refractivity contribution in [2.24, 2.45) is 5.92 Å². The number of halogens is 4. The number of hydrogen-bond acceptors (Lipinski definition) is 5. The molecule has 4 rings (SSSR count). The van der Waals surface area contributed by atoms with E-state index in [9.17, 15) is 8.78 Å². The second kappa shape index (κ2) is 14.3. The molecule has 1 saturated heterocycles. The van der Waals surface area contributed by atoms with Crippen LogP contribution in [0.2, 0.25) is 0 Å². The lowest BCUT2D eigenvalue weighted by Crippen LogP contribution is -2.47. The first-order chi connectivity index (χ1) is 16.4. The number of unbranched alkanes of at least 4 members (excludes halogenated alkanes) is 1. The van der Waals surface area contributed by atoms with E-state index in [1.54, 1.807) is 0 Å². The van der Waals surface area contributed by atoms with Crippen LogP contribution >= 0.6 is 24.8 Å². The molecule has 1 atom stereocenters. The third kappa shape index (κ3) is 8.15. The zero-order valence-electron chi connectivity index (χ0n) is 21.3. The Balaban J connectivity index is 0.00000228. The highest BCUT2D eigenvalue weighted by molar-refractivity contribution is 5.85. The fourth-order valence-electron chi connectivity index (χ4n) is 4.84. The first-order valence-electron chi connectivity index (χ1n) is 12.8. The minimum atomic E-state index is -2.72. The Bertz CT molecular complexity index is 928. The van der Waals surface area contributed by atoms with Crippen molar-refractivity contribution in [1.82, 2.24) is 15.1 Å². The van der Waals surface area contributed by atoms with Crippen LogP contribution in [0.3, 0.4) is 0 Å². The molecule has 1 aliphatic heterocycles. The molecule has 2 aromatic rings. The molecule has 2 heterocycles. The van der Waals surface area contributed by atoms with Gasteiger partial charge in [-0.3, -0.25) is 0 Å². The molecule has 5 nitrogen and oxygen atoms in total. The van der Waals surface area contributed by atoms with Crippen LogP contribution in [-0.4, -0.2) is 53.9 Å². The summed E-state index contributed by atoms with van der Waals surface area (Å²) < 4.78 is 40.6. The Labute approximate surface area is 226 Å². The number of rotatable bonds is 9. The van der Waals surface area contributed by atoms with Crippen LogP contribution in [0.25, 0.3) is 11.1 Å². The minimum Gasteiger partial charge on any atom is -0.490 e. The minimum absolute atomic E-state index is 0. The molecule has 0 radical (unpaired) electrons. The number of ether oxygens (including phenoxy) is 2. The van der Waals surface area contributed by atoms with Crippen LogP contribution in [0.15, 0.2) is 30.3 Å². The maximum Gasteiger partial charge on any atom is 0.256 e. The summed E-state index contributed by atoms with van der Waals surface area (Å²) in [6, 6.07) is 9.94. The summed E-state index contributed by atoms with van der Waals surface area (Å²) in [6.45, 7) is 2.78. The van der Waals surface area contributed by atoms with Gasteiger partial charge in [-0.2, -0.15) is 5.10 Å². The molecule has 36 heavy (non-hydrogen) atoms. The first kappa shape index (κ1) is 30.5. The highest BCUT2D eigenvalue weighted by Gasteiger charge is 2.43. The molecular formula is C27H39Cl2F2N3O2. The predicted octanol–water partition coefficient (Wildman–Crippen LogP) is 7.01. The van der Waals surface area contributed by atoms with Gasteiger partial charge in [-0.05, 0) is 63.3 Å². The summed E-state index contributed by atoms with van der Waals surface area (Å²) in [7, 11) is 1.87. The van der Waals surface area contributed by atoms with Gasteiger partial charge in [0.15, 0.2) is 0 Å². The molecule has 9 heteroatoms. The number of likely N-dealkylation sites (tertiary alicyclic amines) is 1. The number of nitrogens with zero attached hydrogens (tertiary/aromatic N) is 3. The molecule has 1 aromatic heterocycles. The van der Waals surface area contributed by atoms with E-state index in [2.05, 4.69) is 17.1 Å². The fraction of sp³-hybridized carbons (Fsp3) is 0.630. The Morgan fingerprint density at radius 3 is 2.47 bits per heavy atom. The molecule has 1 aromatic carbocycles. The molecule has 1 saturated carbocycles. The SMILES string of the molecule is CCCCc1nnc(OCC2CN(C)CCC2(F)F)cc1-c1ccc(OC2CCCCC2)cc1.Cl.Cl. The van der Waals surface area contributed by atoms with E-state index in [-0.39, 0.29) is 37.8 Å². The van der Waals surface area contributed by atoms with Gasteiger partial charge in [0, 0.05) is 31.1 Å². The molecular weight excluding hydrogens is 507 g/mol. The van der Waals surface area contributed by atoms with Gasteiger partial charge < -0.3 is 14.4 Å². The number of benzene rings is 1. The van der Waals surface area contributed by atoms with Crippen molar-refractivity contribution < 1.29 is 18.3 Å². The fourth-order valence-corrected chi connectivity index (χ4v) is 4.84. The summed E-state index contributed by atoms with van der Waals surface area (Å²) in [5.74, 6) is -2.40. The summed E-state index contributed by atoms with van der Waals surface area (Å²) in [5.41, 5.74) is 2.85. The first-order valence-corrected chi connectivity index (χ1v) is 12.8. The molecule has 1 unspecified atom stereocenters. The second-order valence-electron chi connectivity index (χ2n) is 9.83. The van der Waals surface area contributed by atoms with Crippen molar-refractivity contribution in [2.75, 3.05) is 26.7 Å². The smallest absolute Gasteiger partial charge is 0.256 e. The number of alkyl halides is 2. The van der Waals surface area contributed by atoms with E-state index in [0.717, 1.165) is 54.7 Å². The Morgan fingerprint density at radius 2 is 1.78 bits per heavy atom. The third-order valence-corrected chi connectivity index (χ3v) is 7.02. The van der Waals surface area contributed by atoms with Crippen molar-refractivity contribution in [1.29, 1.82) is 0 Å². The largest absolute Gasteiger partial charge is 0.490 e. The summed E-state index contributed by atoms with van der Waals surface area (Å²) >= 11 is 0. The van der Waals surface area contributed by atoms with E-state index in [0.29, 0.717) is 25.1 Å². The molecule has 2 aliphatic rings. The third-order valence-electron chi connectivity index (χ3n) is 7.02. The topological polar surface area (TPSA) is 47.5 Å². The highest BCUT2D eigenvalue weighted by atomic mass is 35.5. The Morgan fingerprint density at radius 1 is 1.06 bits per heavy atom. The summed E-state index contributed by atoms with van der Waals surface area (Å²) in [6.07, 6.45) is 9.04. The van der Waals surface area contributed by atoms with Crippen LogP contribution in [0.4, 0.5) is 8.78 Å². The van der Waals surface area contributed by atoms with Gasteiger partial charge in [0.05, 0.1) is 24.3 Å². The van der Waals surface area contributed by atoms with Crippen LogP contribution in [0.1, 0.15) is 64.0 Å². The molecule has 0 spiro atoms. The van der Waals surface area contributed by atoms with E-state index >= 15 is 0 Å². The normalized spacial score (nSPS) is 20.2. The maximum atomic E-state index is 14.3. The van der Waals surface area contributed by atoms with Crippen LogP contribution < -0.4 is 9.47 Å².